The summed E-state index contributed by atoms with van der Waals surface area (Å²) in [6, 6.07) is 56.3. The maximum Gasteiger partial charge on any atom is 0.360 e. The molecule has 2 unspecified atom stereocenters. The first-order chi connectivity index (χ1) is 31.3. The summed E-state index contributed by atoms with van der Waals surface area (Å²) in [6.07, 6.45) is -1.87. The highest BCUT2D eigenvalue weighted by atomic mass is 32.1. The predicted octanol–water partition coefficient (Wildman–Crippen LogP) is 10.0. The average molecular weight is 869 g/mol. The largest absolute Gasteiger partial charge is 0.497 e. The van der Waals surface area contributed by atoms with E-state index in [9.17, 15) is 14.7 Å². The van der Waals surface area contributed by atoms with Crippen molar-refractivity contribution in [2.75, 3.05) is 12.4 Å². The van der Waals surface area contributed by atoms with Gasteiger partial charge in [0.25, 0.3) is 6.29 Å². The van der Waals surface area contributed by atoms with E-state index in [1.807, 2.05) is 176 Å². The molecule has 7 aromatic rings. The summed E-state index contributed by atoms with van der Waals surface area (Å²) in [5.74, 6) is -1.07. The Hall–Kier alpha value is -7.51. The number of anilines is 1. The number of carboxylic acid groups (broad SMARTS) is 1. The van der Waals surface area contributed by atoms with Crippen LogP contribution in [0.1, 0.15) is 52.1 Å². The molecule has 1 aliphatic rings. The topological polar surface area (TPSA) is 141 Å². The first kappa shape index (κ1) is 43.2. The van der Waals surface area contributed by atoms with Crippen molar-refractivity contribution >= 4 is 39.6 Å². The third-order valence-corrected chi connectivity index (χ3v) is 11.4. The van der Waals surface area contributed by atoms with Crippen LogP contribution in [0.25, 0.3) is 0 Å². The van der Waals surface area contributed by atoms with Crippen LogP contribution >= 0.6 is 11.3 Å². The van der Waals surface area contributed by atoms with Gasteiger partial charge in [-0.1, -0.05) is 169 Å². The number of methoxy groups -OCH3 is 1. The molecule has 0 fully saturated rings. The SMILES string of the molecule is COc1ccc(COC2C(=O)C=C(C(O/N=C(\C(=O)O)c3csc(NC(c4ccccc4)(c4ccccc4)c4ccccc4)n3)OC(c3ccccc3)c3ccccc3)N=C2C)cc1. The molecule has 320 valence electrons. The number of ether oxygens (including phenoxy) is 3. The van der Waals surface area contributed by atoms with E-state index in [4.69, 9.17) is 29.0 Å². The number of hydrogen-bond donors (Lipinski definition) is 2. The number of carbonyl (C=O) groups excluding carboxylic acids is 1. The maximum absolute atomic E-state index is 13.8. The summed E-state index contributed by atoms with van der Waals surface area (Å²) in [5.41, 5.74) is 4.35. The van der Waals surface area contributed by atoms with Gasteiger partial charge in [-0.3, -0.25) is 9.79 Å². The Bertz CT molecular complexity index is 2610. The van der Waals surface area contributed by atoms with Crippen molar-refractivity contribution in [3.8, 4) is 5.75 Å². The number of nitrogens with one attached hydrogen (secondary N) is 1. The zero-order valence-electron chi connectivity index (χ0n) is 35.0. The molecule has 0 radical (unpaired) electrons. The molecule has 0 saturated heterocycles. The highest BCUT2D eigenvalue weighted by molar-refractivity contribution is 7.14. The minimum absolute atomic E-state index is 0.0462. The number of aliphatic imine (C=N–C) groups is 1. The third-order valence-electron chi connectivity index (χ3n) is 10.6. The summed E-state index contributed by atoms with van der Waals surface area (Å²) in [7, 11) is 1.59. The van der Waals surface area contributed by atoms with Crippen molar-refractivity contribution in [3.05, 3.63) is 232 Å². The fraction of sp³-hybridized carbons (Fsp3) is 0.135. The van der Waals surface area contributed by atoms with Gasteiger partial charge in [-0.15, -0.1) is 11.3 Å². The number of oxime groups is 1. The summed E-state index contributed by atoms with van der Waals surface area (Å²) in [4.78, 5) is 42.5. The molecule has 2 heterocycles. The molecule has 0 spiro atoms. The molecule has 0 aliphatic carbocycles. The quantitative estimate of drug-likeness (QED) is 0.0373. The van der Waals surface area contributed by atoms with E-state index >= 15 is 0 Å². The number of carbonyl (C=O) groups is 2. The second-order valence-electron chi connectivity index (χ2n) is 14.8. The lowest BCUT2D eigenvalue weighted by molar-refractivity contribution is -0.144. The molecule has 64 heavy (non-hydrogen) atoms. The van der Waals surface area contributed by atoms with Crippen LogP contribution in [-0.2, 0) is 36.0 Å². The molecule has 0 bridgehead atoms. The second-order valence-corrected chi connectivity index (χ2v) is 15.7. The van der Waals surface area contributed by atoms with Crippen molar-refractivity contribution in [1.82, 2.24) is 4.98 Å². The molecule has 1 aliphatic heterocycles. The van der Waals surface area contributed by atoms with Crippen LogP contribution in [0.4, 0.5) is 5.13 Å². The number of aromatic nitrogens is 1. The van der Waals surface area contributed by atoms with Gasteiger partial charge in [-0.05, 0) is 52.4 Å². The fourth-order valence-electron chi connectivity index (χ4n) is 7.50. The Morgan fingerprint density at radius 2 is 1.28 bits per heavy atom. The highest BCUT2D eigenvalue weighted by Crippen LogP contribution is 2.41. The highest BCUT2D eigenvalue weighted by Gasteiger charge is 2.38. The smallest absolute Gasteiger partial charge is 0.360 e. The van der Waals surface area contributed by atoms with Crippen molar-refractivity contribution < 1.29 is 33.7 Å². The van der Waals surface area contributed by atoms with E-state index in [2.05, 4.69) is 10.5 Å². The van der Waals surface area contributed by atoms with E-state index in [0.717, 1.165) is 33.4 Å². The minimum Gasteiger partial charge on any atom is -0.497 e. The molecule has 6 aromatic carbocycles. The maximum atomic E-state index is 13.8. The molecule has 0 amide bonds. The first-order valence-electron chi connectivity index (χ1n) is 20.5. The normalized spacial score (nSPS) is 14.6. The molecular formula is C52H44N4O7S. The van der Waals surface area contributed by atoms with Crippen LogP contribution in [0, 0.1) is 0 Å². The lowest BCUT2D eigenvalue weighted by Gasteiger charge is -2.36. The van der Waals surface area contributed by atoms with Gasteiger partial charge in [0, 0.05) is 11.5 Å². The molecule has 11 nitrogen and oxygen atoms in total. The Kier molecular flexibility index (Phi) is 13.6. The van der Waals surface area contributed by atoms with E-state index in [1.165, 1.54) is 17.4 Å². The number of thiazole rings is 1. The van der Waals surface area contributed by atoms with Crippen molar-refractivity contribution in [3.63, 3.8) is 0 Å². The van der Waals surface area contributed by atoms with E-state index in [1.54, 1.807) is 19.4 Å². The average Bonchev–Trinajstić information content (AvgIpc) is 3.80. The third kappa shape index (κ3) is 9.74. The molecule has 2 atom stereocenters. The van der Waals surface area contributed by atoms with Gasteiger partial charge in [-0.25, -0.2) is 9.78 Å². The lowest BCUT2D eigenvalue weighted by atomic mass is 9.77. The first-order valence-corrected chi connectivity index (χ1v) is 21.4. The molecule has 8 rings (SSSR count). The fourth-order valence-corrected chi connectivity index (χ4v) is 8.25. The second kappa shape index (κ2) is 20.1. The van der Waals surface area contributed by atoms with E-state index in [0.29, 0.717) is 16.6 Å². The van der Waals surface area contributed by atoms with Gasteiger partial charge in [0.2, 0.25) is 5.71 Å². The van der Waals surface area contributed by atoms with Gasteiger partial charge in [0.15, 0.2) is 17.0 Å². The lowest BCUT2D eigenvalue weighted by Crippen LogP contribution is -2.38. The van der Waals surface area contributed by atoms with Crippen molar-refractivity contribution in [2.24, 2.45) is 10.1 Å². The van der Waals surface area contributed by atoms with Gasteiger partial charge in [-0.2, -0.15) is 0 Å². The predicted molar refractivity (Wildman–Crippen MR) is 248 cm³/mol. The van der Waals surface area contributed by atoms with Crippen LogP contribution in [0.3, 0.4) is 0 Å². The minimum atomic E-state index is -1.46. The zero-order valence-corrected chi connectivity index (χ0v) is 35.8. The molecule has 12 heteroatoms. The number of rotatable bonds is 18. The van der Waals surface area contributed by atoms with Crippen molar-refractivity contribution in [1.29, 1.82) is 0 Å². The van der Waals surface area contributed by atoms with Crippen LogP contribution in [0.2, 0.25) is 0 Å². The number of aliphatic carboxylic acids is 1. The van der Waals surface area contributed by atoms with Crippen LogP contribution in [0.5, 0.6) is 5.75 Å². The van der Waals surface area contributed by atoms with Crippen molar-refractivity contribution in [2.45, 2.75) is 37.6 Å². The number of ketones is 1. The van der Waals surface area contributed by atoms with Gasteiger partial charge in [0.1, 0.15) is 28.8 Å². The Balaban J connectivity index is 1.13. The molecule has 2 N–H and O–H groups in total. The van der Waals surface area contributed by atoms with E-state index < -0.39 is 35.7 Å². The number of hydrogen-bond acceptors (Lipinski definition) is 11. The summed E-state index contributed by atoms with van der Waals surface area (Å²) < 4.78 is 18.0. The van der Waals surface area contributed by atoms with Crippen LogP contribution < -0.4 is 10.1 Å². The Morgan fingerprint density at radius 1 is 0.766 bits per heavy atom. The molecule has 0 saturated carbocycles. The van der Waals surface area contributed by atoms with Gasteiger partial charge >= 0.3 is 5.97 Å². The Labute approximate surface area is 375 Å². The molecule has 1 aromatic heterocycles. The number of benzene rings is 6. The van der Waals surface area contributed by atoms with E-state index in [-0.39, 0.29) is 23.8 Å². The molecular weight excluding hydrogens is 825 g/mol. The number of nitrogens with zero attached hydrogens (tertiary/aromatic N) is 3. The van der Waals surface area contributed by atoms with Gasteiger partial charge < -0.3 is 29.5 Å². The summed E-state index contributed by atoms with van der Waals surface area (Å²) >= 11 is 1.23. The Morgan fingerprint density at radius 3 is 1.77 bits per heavy atom. The van der Waals surface area contributed by atoms with Gasteiger partial charge in [0.05, 0.1) is 19.4 Å². The standard InChI is InChI=1S/C52H44N4O7S/c1-35-47(61-33-36-28-30-42(60-2)31-29-36)45(57)32-43(53-35)50(62-48(37-18-8-3-9-19-37)38-20-10-4-11-21-38)63-56-46(49(58)59)44-34-64-51(54-44)55-52(39-22-12-5-13-23-39,40-24-14-6-15-25-40)41-26-16-7-17-27-41/h3-32,34,47-48,50H,33H2,1-2H3,(H,54,55)(H,58,59)/b56-46-. The van der Waals surface area contributed by atoms with Crippen LogP contribution in [-0.4, -0.2) is 52.8 Å². The monoisotopic (exact) mass is 868 g/mol. The summed E-state index contributed by atoms with van der Waals surface area (Å²) in [5, 5.41) is 20.6. The summed E-state index contributed by atoms with van der Waals surface area (Å²) in [6.45, 7) is 1.83. The number of carboxylic acids is 1. The van der Waals surface area contributed by atoms with Crippen LogP contribution in [0.15, 0.2) is 203 Å². The zero-order chi connectivity index (χ0) is 44.3.